The Kier molecular flexibility index (Phi) is 6.30. The van der Waals surface area contributed by atoms with Crippen LogP contribution in [0, 0.1) is 0 Å². The molecular formula is C20H23NO5. The van der Waals surface area contributed by atoms with E-state index in [1.165, 1.54) is 18.8 Å². The molecule has 1 aliphatic rings. The SMILES string of the molecule is O=C(NC1CCCCC1)OCc1cc(=O)c(OCc2ccccc2)co1. The van der Waals surface area contributed by atoms with Crippen LogP contribution in [0.5, 0.6) is 5.75 Å². The number of nitrogens with one attached hydrogen (secondary N) is 1. The van der Waals surface area contributed by atoms with Gasteiger partial charge in [0.1, 0.15) is 18.6 Å². The van der Waals surface area contributed by atoms with Crippen molar-refractivity contribution in [3.63, 3.8) is 0 Å². The van der Waals surface area contributed by atoms with Gasteiger partial charge in [-0.2, -0.15) is 0 Å². The van der Waals surface area contributed by atoms with Crippen molar-refractivity contribution in [2.45, 2.75) is 51.4 Å². The molecule has 1 saturated carbocycles. The summed E-state index contributed by atoms with van der Waals surface area (Å²) in [6, 6.07) is 11.0. The Labute approximate surface area is 152 Å². The summed E-state index contributed by atoms with van der Waals surface area (Å²) in [6.07, 6.45) is 6.22. The fourth-order valence-corrected chi connectivity index (χ4v) is 2.95. The summed E-state index contributed by atoms with van der Waals surface area (Å²) in [5, 5.41) is 2.85. The first-order chi connectivity index (χ1) is 12.7. The highest BCUT2D eigenvalue weighted by Crippen LogP contribution is 2.17. The summed E-state index contributed by atoms with van der Waals surface area (Å²) < 4.78 is 15.9. The molecule has 0 unspecified atom stereocenters. The van der Waals surface area contributed by atoms with Gasteiger partial charge in [-0.15, -0.1) is 0 Å². The average Bonchev–Trinajstić information content (AvgIpc) is 2.67. The van der Waals surface area contributed by atoms with Crippen LogP contribution < -0.4 is 15.5 Å². The van der Waals surface area contributed by atoms with E-state index in [0.29, 0.717) is 0 Å². The van der Waals surface area contributed by atoms with E-state index in [1.54, 1.807) is 0 Å². The topological polar surface area (TPSA) is 77.8 Å². The molecule has 0 aliphatic heterocycles. The lowest BCUT2D eigenvalue weighted by molar-refractivity contribution is 0.124. The van der Waals surface area contributed by atoms with Gasteiger partial charge in [-0.3, -0.25) is 4.79 Å². The smallest absolute Gasteiger partial charge is 0.407 e. The van der Waals surface area contributed by atoms with Crippen molar-refractivity contribution in [2.75, 3.05) is 0 Å². The zero-order valence-electron chi connectivity index (χ0n) is 14.6. The molecule has 3 rings (SSSR count). The van der Waals surface area contributed by atoms with Gasteiger partial charge in [-0.25, -0.2) is 4.79 Å². The molecule has 1 fully saturated rings. The molecule has 0 spiro atoms. The molecule has 0 bridgehead atoms. The Morgan fingerprint density at radius 1 is 1.12 bits per heavy atom. The van der Waals surface area contributed by atoms with Crippen LogP contribution in [0.25, 0.3) is 0 Å². The van der Waals surface area contributed by atoms with Gasteiger partial charge in [0.2, 0.25) is 11.2 Å². The van der Waals surface area contributed by atoms with E-state index in [2.05, 4.69) is 5.32 Å². The molecule has 0 atom stereocenters. The highest BCUT2D eigenvalue weighted by Gasteiger charge is 2.16. The summed E-state index contributed by atoms with van der Waals surface area (Å²) in [6.45, 7) is 0.192. The molecule has 1 aromatic heterocycles. The Bertz CT molecular complexity index is 765. The molecule has 1 aliphatic carbocycles. The van der Waals surface area contributed by atoms with E-state index < -0.39 is 6.09 Å². The summed E-state index contributed by atoms with van der Waals surface area (Å²) in [5.41, 5.74) is 0.650. The maximum absolute atomic E-state index is 12.1. The maximum Gasteiger partial charge on any atom is 0.407 e. The molecule has 1 amide bonds. The van der Waals surface area contributed by atoms with E-state index in [0.717, 1.165) is 31.2 Å². The Hall–Kier alpha value is -2.76. The zero-order valence-corrected chi connectivity index (χ0v) is 14.6. The van der Waals surface area contributed by atoms with Gasteiger partial charge >= 0.3 is 6.09 Å². The minimum atomic E-state index is -0.482. The quantitative estimate of drug-likeness (QED) is 0.851. The largest absolute Gasteiger partial charge is 0.482 e. The normalized spacial score (nSPS) is 14.6. The van der Waals surface area contributed by atoms with E-state index in [4.69, 9.17) is 13.9 Å². The molecule has 1 aromatic carbocycles. The molecule has 6 heteroatoms. The first-order valence-electron chi connectivity index (χ1n) is 8.92. The van der Waals surface area contributed by atoms with Crippen LogP contribution in [0.3, 0.4) is 0 Å². The number of rotatable bonds is 6. The van der Waals surface area contributed by atoms with Crippen molar-refractivity contribution >= 4 is 6.09 Å². The number of carbonyl (C=O) groups is 1. The minimum Gasteiger partial charge on any atom is -0.482 e. The summed E-state index contributed by atoms with van der Waals surface area (Å²) in [7, 11) is 0. The maximum atomic E-state index is 12.1. The van der Waals surface area contributed by atoms with Crippen molar-refractivity contribution in [1.82, 2.24) is 5.32 Å². The van der Waals surface area contributed by atoms with E-state index in [-0.39, 0.29) is 36.2 Å². The molecule has 1 heterocycles. The molecule has 0 saturated heterocycles. The van der Waals surface area contributed by atoms with Crippen molar-refractivity contribution in [1.29, 1.82) is 0 Å². The van der Waals surface area contributed by atoms with Gasteiger partial charge in [0.05, 0.1) is 0 Å². The number of hydrogen-bond acceptors (Lipinski definition) is 5. The highest BCUT2D eigenvalue weighted by molar-refractivity contribution is 5.67. The Morgan fingerprint density at radius 2 is 1.88 bits per heavy atom. The first-order valence-corrected chi connectivity index (χ1v) is 8.92. The van der Waals surface area contributed by atoms with Crippen molar-refractivity contribution in [3.8, 4) is 5.75 Å². The summed E-state index contributed by atoms with van der Waals surface area (Å²) >= 11 is 0. The number of carbonyl (C=O) groups excluding carboxylic acids is 1. The second-order valence-electron chi connectivity index (χ2n) is 6.40. The highest BCUT2D eigenvalue weighted by atomic mass is 16.6. The molecule has 0 radical (unpaired) electrons. The van der Waals surface area contributed by atoms with E-state index in [9.17, 15) is 9.59 Å². The molecular weight excluding hydrogens is 334 g/mol. The molecule has 2 aromatic rings. The third-order valence-electron chi connectivity index (χ3n) is 4.36. The monoisotopic (exact) mass is 357 g/mol. The molecule has 6 nitrogen and oxygen atoms in total. The Balaban J connectivity index is 1.47. The van der Waals surface area contributed by atoms with Gasteiger partial charge in [-0.1, -0.05) is 49.6 Å². The predicted octanol–water partition coefficient (Wildman–Crippen LogP) is 3.78. The van der Waals surface area contributed by atoms with Crippen LogP contribution in [0.1, 0.15) is 43.4 Å². The van der Waals surface area contributed by atoms with Gasteiger partial charge < -0.3 is 19.2 Å². The number of hydrogen-bond donors (Lipinski definition) is 1. The van der Waals surface area contributed by atoms with Gasteiger partial charge in [-0.05, 0) is 18.4 Å². The fraction of sp³-hybridized carbons (Fsp3) is 0.400. The fourth-order valence-electron chi connectivity index (χ4n) is 2.95. The van der Waals surface area contributed by atoms with Gasteiger partial charge in [0.25, 0.3) is 0 Å². The second kappa shape index (κ2) is 9.08. The lowest BCUT2D eigenvalue weighted by Crippen LogP contribution is -2.36. The van der Waals surface area contributed by atoms with E-state index >= 15 is 0 Å². The first kappa shape index (κ1) is 18.0. The van der Waals surface area contributed by atoms with Crippen LogP contribution in [0.2, 0.25) is 0 Å². The van der Waals surface area contributed by atoms with Crippen molar-refractivity contribution < 1.29 is 18.7 Å². The van der Waals surface area contributed by atoms with Crippen LogP contribution in [-0.2, 0) is 18.0 Å². The molecule has 138 valence electrons. The minimum absolute atomic E-state index is 0.0905. The second-order valence-corrected chi connectivity index (χ2v) is 6.40. The van der Waals surface area contributed by atoms with Gasteiger partial charge in [0, 0.05) is 12.1 Å². The number of amides is 1. The number of benzene rings is 1. The lowest BCUT2D eigenvalue weighted by atomic mass is 9.96. The van der Waals surface area contributed by atoms with E-state index in [1.807, 2.05) is 30.3 Å². The van der Waals surface area contributed by atoms with Crippen LogP contribution >= 0.6 is 0 Å². The van der Waals surface area contributed by atoms with Gasteiger partial charge in [0.15, 0.2) is 6.61 Å². The van der Waals surface area contributed by atoms with Crippen LogP contribution in [-0.4, -0.2) is 12.1 Å². The third kappa shape index (κ3) is 5.37. The van der Waals surface area contributed by atoms with Crippen molar-refractivity contribution in [2.24, 2.45) is 0 Å². The lowest BCUT2D eigenvalue weighted by Gasteiger charge is -2.22. The average molecular weight is 357 g/mol. The Morgan fingerprint density at radius 3 is 2.62 bits per heavy atom. The zero-order chi connectivity index (χ0) is 18.2. The summed E-state index contributed by atoms with van der Waals surface area (Å²) in [5.74, 6) is 0.408. The number of ether oxygens (including phenoxy) is 2. The standard InChI is InChI=1S/C20H23NO5/c22-18-11-17(13-26-20(23)21-16-9-5-2-6-10-16)24-14-19(18)25-12-15-7-3-1-4-8-15/h1,3-4,7-8,11,14,16H,2,5-6,9-10,12-13H2,(H,21,23). The molecule has 1 N–H and O–H groups in total. The van der Waals surface area contributed by atoms with Crippen molar-refractivity contribution in [3.05, 3.63) is 64.2 Å². The van der Waals surface area contributed by atoms with Crippen LogP contribution in [0.4, 0.5) is 4.79 Å². The summed E-state index contributed by atoms with van der Waals surface area (Å²) in [4.78, 5) is 23.9. The number of alkyl carbamates (subject to hydrolysis) is 1. The third-order valence-corrected chi connectivity index (χ3v) is 4.36. The predicted molar refractivity (Wildman–Crippen MR) is 95.9 cm³/mol. The molecule has 26 heavy (non-hydrogen) atoms. The van der Waals surface area contributed by atoms with Crippen LogP contribution in [0.15, 0.2) is 51.9 Å².